The van der Waals surface area contributed by atoms with E-state index in [1.807, 2.05) is 11.3 Å². The van der Waals surface area contributed by atoms with Crippen LogP contribution in [0.1, 0.15) is 49.3 Å². The molecule has 0 amide bonds. The van der Waals surface area contributed by atoms with Gasteiger partial charge in [0.15, 0.2) is 0 Å². The lowest BCUT2D eigenvalue weighted by atomic mass is 9.72. The molecule has 2 saturated heterocycles. The molecule has 2 fully saturated rings. The van der Waals surface area contributed by atoms with E-state index in [0.29, 0.717) is 18.7 Å². The van der Waals surface area contributed by atoms with Crippen LogP contribution in [0.5, 0.6) is 0 Å². The Morgan fingerprint density at radius 1 is 1.32 bits per heavy atom. The molecule has 0 saturated carbocycles. The summed E-state index contributed by atoms with van der Waals surface area (Å²) in [4.78, 5) is 5.68. The van der Waals surface area contributed by atoms with E-state index in [1.54, 1.807) is 0 Å². The smallest absolute Gasteiger partial charge is 0.0502 e. The van der Waals surface area contributed by atoms with Crippen LogP contribution in [-0.2, 0) is 13.0 Å². The summed E-state index contributed by atoms with van der Waals surface area (Å²) in [5, 5.41) is 9.84. The molecule has 1 aromatic rings. The summed E-state index contributed by atoms with van der Waals surface area (Å²) in [6, 6.07) is 5.90. The number of thiophene rings is 1. The first-order valence-corrected chi connectivity index (χ1v) is 8.48. The summed E-state index contributed by atoms with van der Waals surface area (Å²) < 4.78 is 0. The highest BCUT2D eigenvalue weighted by molar-refractivity contribution is 7.11. The van der Waals surface area contributed by atoms with Crippen molar-refractivity contribution in [3.05, 3.63) is 21.9 Å². The number of fused-ring (bicyclic) bond motifs is 2. The molecule has 1 N–H and O–H groups in total. The molecule has 2 aliphatic heterocycles. The lowest BCUT2D eigenvalue weighted by Crippen LogP contribution is -2.39. The summed E-state index contributed by atoms with van der Waals surface area (Å²) in [5.74, 6) is 0. The second-order valence-electron chi connectivity index (χ2n) is 6.22. The topological polar surface area (TPSA) is 23.5 Å². The average molecular weight is 279 g/mol. The fourth-order valence-electron chi connectivity index (χ4n) is 4.20. The minimum atomic E-state index is 0.188. The maximum absolute atomic E-state index is 9.84. The largest absolute Gasteiger partial charge is 0.396 e. The van der Waals surface area contributed by atoms with Gasteiger partial charge in [-0.05, 0) is 44.2 Å². The molecule has 106 valence electrons. The van der Waals surface area contributed by atoms with E-state index in [2.05, 4.69) is 30.9 Å². The Hall–Kier alpha value is -0.380. The molecule has 0 aromatic carbocycles. The van der Waals surface area contributed by atoms with Crippen LogP contribution in [0.3, 0.4) is 0 Å². The molecule has 19 heavy (non-hydrogen) atoms. The highest BCUT2D eigenvalue weighted by Crippen LogP contribution is 2.52. The summed E-state index contributed by atoms with van der Waals surface area (Å²) in [6.45, 7) is 5.94. The average Bonchev–Trinajstić information content (AvgIpc) is 3.13. The highest BCUT2D eigenvalue weighted by atomic mass is 32.1. The zero-order chi connectivity index (χ0) is 13.5. The standard InChI is InChI=1S/C16H25NOS/c1-3-13-6-7-14(19-13)10-17-12-5-8-15(17)16(4-2,9-12)11-18/h6-7,12,15,18H,3-5,8-11H2,1-2H3/t12-,15+,16-/m0/s1. The van der Waals surface area contributed by atoms with Gasteiger partial charge in [0, 0.05) is 33.8 Å². The van der Waals surface area contributed by atoms with Crippen molar-refractivity contribution in [3.8, 4) is 0 Å². The van der Waals surface area contributed by atoms with Crippen molar-refractivity contribution >= 4 is 11.3 Å². The number of hydrogen-bond acceptors (Lipinski definition) is 3. The molecule has 3 heteroatoms. The van der Waals surface area contributed by atoms with E-state index in [4.69, 9.17) is 0 Å². The van der Waals surface area contributed by atoms with E-state index in [-0.39, 0.29) is 5.41 Å². The summed E-state index contributed by atoms with van der Waals surface area (Å²) in [6.07, 6.45) is 6.08. The predicted molar refractivity (Wildman–Crippen MR) is 80.5 cm³/mol. The van der Waals surface area contributed by atoms with Crippen LogP contribution in [0.2, 0.25) is 0 Å². The zero-order valence-corrected chi connectivity index (χ0v) is 12.9. The van der Waals surface area contributed by atoms with Gasteiger partial charge in [-0.3, -0.25) is 4.90 Å². The maximum atomic E-state index is 9.84. The quantitative estimate of drug-likeness (QED) is 0.892. The van der Waals surface area contributed by atoms with Gasteiger partial charge >= 0.3 is 0 Å². The lowest BCUT2D eigenvalue weighted by molar-refractivity contribution is 0.0716. The van der Waals surface area contributed by atoms with Gasteiger partial charge in [0.05, 0.1) is 6.61 Å². The number of aliphatic hydroxyl groups is 1. The van der Waals surface area contributed by atoms with Crippen molar-refractivity contribution < 1.29 is 5.11 Å². The van der Waals surface area contributed by atoms with Crippen LogP contribution in [0.25, 0.3) is 0 Å². The highest BCUT2D eigenvalue weighted by Gasteiger charge is 2.54. The fourth-order valence-corrected chi connectivity index (χ4v) is 5.16. The Bertz CT molecular complexity index is 438. The molecule has 3 atom stereocenters. The Labute approximate surface area is 120 Å². The van der Waals surface area contributed by atoms with E-state index in [9.17, 15) is 5.11 Å². The second kappa shape index (κ2) is 5.19. The maximum Gasteiger partial charge on any atom is 0.0502 e. The van der Waals surface area contributed by atoms with Crippen molar-refractivity contribution in [1.82, 2.24) is 4.90 Å². The molecular weight excluding hydrogens is 254 g/mol. The van der Waals surface area contributed by atoms with E-state index in [1.165, 1.54) is 29.0 Å². The van der Waals surface area contributed by atoms with Gasteiger partial charge in [0.1, 0.15) is 0 Å². The van der Waals surface area contributed by atoms with Gasteiger partial charge in [-0.1, -0.05) is 13.8 Å². The van der Waals surface area contributed by atoms with Crippen molar-refractivity contribution in [2.45, 2.75) is 64.6 Å². The molecule has 0 aliphatic carbocycles. The van der Waals surface area contributed by atoms with Crippen LogP contribution >= 0.6 is 11.3 Å². The second-order valence-corrected chi connectivity index (χ2v) is 7.47. The third-order valence-electron chi connectivity index (χ3n) is 5.41. The number of nitrogens with zero attached hydrogens (tertiary/aromatic N) is 1. The van der Waals surface area contributed by atoms with E-state index >= 15 is 0 Å². The van der Waals surface area contributed by atoms with E-state index < -0.39 is 0 Å². The Morgan fingerprint density at radius 3 is 2.68 bits per heavy atom. The number of rotatable bonds is 5. The molecule has 0 spiro atoms. The van der Waals surface area contributed by atoms with E-state index in [0.717, 1.165) is 19.4 Å². The normalized spacial score (nSPS) is 34.3. The molecule has 2 nitrogen and oxygen atoms in total. The van der Waals surface area contributed by atoms with Gasteiger partial charge < -0.3 is 5.11 Å². The first-order chi connectivity index (χ1) is 9.22. The molecule has 1 aromatic heterocycles. The molecule has 2 aliphatic rings. The third-order valence-corrected chi connectivity index (χ3v) is 6.63. The molecule has 3 rings (SSSR count). The molecule has 0 unspecified atom stereocenters. The molecule has 0 radical (unpaired) electrons. The van der Waals surface area contributed by atoms with Gasteiger partial charge in [0.2, 0.25) is 0 Å². The number of aliphatic hydroxyl groups excluding tert-OH is 1. The lowest BCUT2D eigenvalue weighted by Gasteiger charge is -2.35. The monoisotopic (exact) mass is 279 g/mol. The Morgan fingerprint density at radius 2 is 2.11 bits per heavy atom. The van der Waals surface area contributed by atoms with Crippen LogP contribution < -0.4 is 0 Å². The van der Waals surface area contributed by atoms with Crippen LogP contribution in [0.15, 0.2) is 12.1 Å². The molecule has 2 bridgehead atoms. The number of aryl methyl sites for hydroxylation is 1. The fraction of sp³-hybridized carbons (Fsp3) is 0.750. The number of hydrogen-bond donors (Lipinski definition) is 1. The van der Waals surface area contributed by atoms with Gasteiger partial charge in [-0.2, -0.15) is 0 Å². The Kier molecular flexibility index (Phi) is 3.71. The minimum Gasteiger partial charge on any atom is -0.396 e. The summed E-state index contributed by atoms with van der Waals surface area (Å²) >= 11 is 1.96. The van der Waals surface area contributed by atoms with Gasteiger partial charge in [-0.25, -0.2) is 0 Å². The predicted octanol–water partition coefficient (Wildman–Crippen LogP) is 3.44. The first kappa shape index (κ1) is 13.6. The summed E-state index contributed by atoms with van der Waals surface area (Å²) in [5.41, 5.74) is 0.188. The van der Waals surface area contributed by atoms with Crippen molar-refractivity contribution in [2.24, 2.45) is 5.41 Å². The zero-order valence-electron chi connectivity index (χ0n) is 12.1. The molecule has 3 heterocycles. The first-order valence-electron chi connectivity index (χ1n) is 7.66. The van der Waals surface area contributed by atoms with Gasteiger partial charge in [0.25, 0.3) is 0 Å². The molecular formula is C16H25NOS. The van der Waals surface area contributed by atoms with Crippen molar-refractivity contribution in [2.75, 3.05) is 6.61 Å². The Balaban J connectivity index is 1.75. The minimum absolute atomic E-state index is 0.188. The SMILES string of the molecule is CCc1ccc(CN2[C@H]3CC[C@@H]2[C@](CC)(CO)C3)s1. The van der Waals surface area contributed by atoms with Crippen LogP contribution in [0, 0.1) is 5.41 Å². The van der Waals surface area contributed by atoms with Gasteiger partial charge in [-0.15, -0.1) is 11.3 Å². The summed E-state index contributed by atoms with van der Waals surface area (Å²) in [7, 11) is 0. The third kappa shape index (κ3) is 2.16. The van der Waals surface area contributed by atoms with Crippen molar-refractivity contribution in [3.63, 3.8) is 0 Å². The van der Waals surface area contributed by atoms with Crippen molar-refractivity contribution in [1.29, 1.82) is 0 Å². The van der Waals surface area contributed by atoms with Crippen LogP contribution in [-0.4, -0.2) is 28.7 Å². The van der Waals surface area contributed by atoms with Crippen LogP contribution in [0.4, 0.5) is 0 Å².